The molecule has 90 valence electrons. The number of alkyl halides is 2. The molecule has 0 saturated heterocycles. The van der Waals surface area contributed by atoms with E-state index in [4.69, 9.17) is 4.74 Å². The maximum atomic E-state index is 12.0. The molecule has 0 atom stereocenters. The van der Waals surface area contributed by atoms with Gasteiger partial charge in [0.15, 0.2) is 5.69 Å². The van der Waals surface area contributed by atoms with Crippen LogP contribution >= 0.6 is 15.9 Å². The third-order valence-corrected chi connectivity index (χ3v) is 2.32. The quantitative estimate of drug-likeness (QED) is 0.798. The van der Waals surface area contributed by atoms with Crippen molar-refractivity contribution in [1.29, 1.82) is 0 Å². The summed E-state index contributed by atoms with van der Waals surface area (Å²) in [5.41, 5.74) is -0.0972. The van der Waals surface area contributed by atoms with Crippen LogP contribution in [0.2, 0.25) is 0 Å². The average molecular weight is 299 g/mol. The van der Waals surface area contributed by atoms with E-state index in [9.17, 15) is 13.6 Å². The molecule has 5 nitrogen and oxygen atoms in total. The normalized spacial score (nSPS) is 10.6. The SMILES string of the molecule is CCOC(=O)c1nn(C)c(OC(F)F)c1Br. The molecule has 0 aliphatic carbocycles. The summed E-state index contributed by atoms with van der Waals surface area (Å²) in [5.74, 6) is -0.924. The second kappa shape index (κ2) is 5.24. The van der Waals surface area contributed by atoms with Crippen molar-refractivity contribution in [2.45, 2.75) is 13.5 Å². The second-order valence-corrected chi connectivity index (χ2v) is 3.48. The zero-order chi connectivity index (χ0) is 12.3. The number of hydrogen-bond donors (Lipinski definition) is 0. The molecule has 0 amide bonds. The Hall–Kier alpha value is -1.18. The Balaban J connectivity index is 3.01. The van der Waals surface area contributed by atoms with Crippen molar-refractivity contribution in [2.75, 3.05) is 6.61 Å². The summed E-state index contributed by atoms with van der Waals surface area (Å²) in [6.45, 7) is -1.18. The van der Waals surface area contributed by atoms with Gasteiger partial charge in [-0.2, -0.15) is 13.9 Å². The summed E-state index contributed by atoms with van der Waals surface area (Å²) >= 11 is 2.96. The Morgan fingerprint density at radius 1 is 1.62 bits per heavy atom. The van der Waals surface area contributed by atoms with Crippen molar-refractivity contribution < 1.29 is 23.0 Å². The molecular formula is C8H9BrF2N2O3. The number of rotatable bonds is 4. The van der Waals surface area contributed by atoms with E-state index in [-0.39, 0.29) is 22.7 Å². The van der Waals surface area contributed by atoms with Gasteiger partial charge in [0.25, 0.3) is 0 Å². The number of hydrogen-bond acceptors (Lipinski definition) is 4. The molecule has 0 bridgehead atoms. The first-order valence-corrected chi connectivity index (χ1v) is 5.11. The number of esters is 1. The fourth-order valence-corrected chi connectivity index (χ4v) is 1.62. The molecule has 0 aromatic carbocycles. The zero-order valence-electron chi connectivity index (χ0n) is 8.54. The highest BCUT2D eigenvalue weighted by Gasteiger charge is 2.23. The van der Waals surface area contributed by atoms with Gasteiger partial charge in [-0.15, -0.1) is 0 Å². The summed E-state index contributed by atoms with van der Waals surface area (Å²) < 4.78 is 34.0. The van der Waals surface area contributed by atoms with Crippen molar-refractivity contribution in [3.63, 3.8) is 0 Å². The van der Waals surface area contributed by atoms with Gasteiger partial charge in [-0.05, 0) is 22.9 Å². The third-order valence-electron chi connectivity index (χ3n) is 1.61. The Kier molecular flexibility index (Phi) is 4.22. The Bertz CT molecular complexity index is 395. The molecule has 1 rings (SSSR count). The monoisotopic (exact) mass is 298 g/mol. The van der Waals surface area contributed by atoms with Crippen LogP contribution in [-0.4, -0.2) is 29.0 Å². The van der Waals surface area contributed by atoms with E-state index >= 15 is 0 Å². The van der Waals surface area contributed by atoms with Crippen molar-refractivity contribution in [3.8, 4) is 5.88 Å². The predicted molar refractivity (Wildman–Crippen MR) is 53.5 cm³/mol. The van der Waals surface area contributed by atoms with Gasteiger partial charge in [0.2, 0.25) is 5.88 Å². The van der Waals surface area contributed by atoms with Crippen LogP contribution in [-0.2, 0) is 11.8 Å². The third kappa shape index (κ3) is 2.69. The van der Waals surface area contributed by atoms with Crippen molar-refractivity contribution in [3.05, 3.63) is 10.2 Å². The molecule has 1 aromatic heterocycles. The molecule has 16 heavy (non-hydrogen) atoms. The number of ether oxygens (including phenoxy) is 2. The van der Waals surface area contributed by atoms with Crippen LogP contribution in [0.3, 0.4) is 0 Å². The highest BCUT2D eigenvalue weighted by atomic mass is 79.9. The summed E-state index contributed by atoms with van der Waals surface area (Å²) in [5, 5.41) is 3.72. The summed E-state index contributed by atoms with van der Waals surface area (Å²) in [4.78, 5) is 11.3. The predicted octanol–water partition coefficient (Wildman–Crippen LogP) is 1.96. The van der Waals surface area contributed by atoms with Crippen LogP contribution in [0.25, 0.3) is 0 Å². The summed E-state index contributed by atoms with van der Waals surface area (Å²) in [6, 6.07) is 0. The minimum atomic E-state index is -2.98. The molecule has 0 unspecified atom stereocenters. The number of aromatic nitrogens is 2. The zero-order valence-corrected chi connectivity index (χ0v) is 10.1. The molecule has 0 radical (unpaired) electrons. The summed E-state index contributed by atoms with van der Waals surface area (Å²) in [6.07, 6.45) is 0. The molecule has 1 aromatic rings. The lowest BCUT2D eigenvalue weighted by Gasteiger charge is -2.03. The average Bonchev–Trinajstić information content (AvgIpc) is 2.45. The molecule has 0 fully saturated rings. The van der Waals surface area contributed by atoms with E-state index in [2.05, 4.69) is 25.8 Å². The van der Waals surface area contributed by atoms with Gasteiger partial charge in [-0.3, -0.25) is 0 Å². The maximum Gasteiger partial charge on any atom is 0.388 e. The Morgan fingerprint density at radius 3 is 2.75 bits per heavy atom. The first-order chi connectivity index (χ1) is 7.47. The van der Waals surface area contributed by atoms with Gasteiger partial charge < -0.3 is 9.47 Å². The van der Waals surface area contributed by atoms with Gasteiger partial charge in [-0.1, -0.05) is 0 Å². The topological polar surface area (TPSA) is 53.3 Å². The van der Waals surface area contributed by atoms with E-state index in [1.54, 1.807) is 6.92 Å². The molecule has 0 saturated carbocycles. The standard InChI is InChI=1S/C8H9BrF2N2O3/c1-3-15-7(14)5-4(9)6(13(2)12-5)16-8(10)11/h8H,3H2,1-2H3. The van der Waals surface area contributed by atoms with Crippen molar-refractivity contribution in [2.24, 2.45) is 7.05 Å². The smallest absolute Gasteiger partial charge is 0.388 e. The number of carbonyl (C=O) groups excluding carboxylic acids is 1. The van der Waals surface area contributed by atoms with Crippen LogP contribution in [0.15, 0.2) is 4.47 Å². The molecule has 8 heteroatoms. The van der Waals surface area contributed by atoms with E-state index in [1.165, 1.54) is 7.05 Å². The van der Waals surface area contributed by atoms with Gasteiger partial charge in [0, 0.05) is 7.05 Å². The van der Waals surface area contributed by atoms with E-state index in [0.717, 1.165) is 4.68 Å². The summed E-state index contributed by atoms with van der Waals surface area (Å²) in [7, 11) is 1.38. The number of halogens is 3. The fraction of sp³-hybridized carbons (Fsp3) is 0.500. The van der Waals surface area contributed by atoms with Crippen LogP contribution < -0.4 is 4.74 Å². The molecular weight excluding hydrogens is 290 g/mol. The molecule has 0 N–H and O–H groups in total. The van der Waals surface area contributed by atoms with E-state index in [1.807, 2.05) is 0 Å². The first kappa shape index (κ1) is 12.9. The highest BCUT2D eigenvalue weighted by molar-refractivity contribution is 9.10. The van der Waals surface area contributed by atoms with Crippen molar-refractivity contribution >= 4 is 21.9 Å². The lowest BCUT2D eigenvalue weighted by atomic mass is 10.4. The van der Waals surface area contributed by atoms with Crippen LogP contribution in [0, 0.1) is 0 Å². The number of aryl methyl sites for hydroxylation is 1. The van der Waals surface area contributed by atoms with E-state index < -0.39 is 12.6 Å². The van der Waals surface area contributed by atoms with Crippen LogP contribution in [0.4, 0.5) is 8.78 Å². The minimum Gasteiger partial charge on any atom is -0.461 e. The molecule has 0 aliphatic heterocycles. The van der Waals surface area contributed by atoms with Gasteiger partial charge in [0.05, 0.1) is 6.61 Å². The number of carbonyl (C=O) groups is 1. The minimum absolute atomic E-state index is 0.0498. The maximum absolute atomic E-state index is 12.0. The van der Waals surface area contributed by atoms with Gasteiger partial charge in [-0.25, -0.2) is 9.48 Å². The second-order valence-electron chi connectivity index (χ2n) is 2.69. The lowest BCUT2D eigenvalue weighted by Crippen LogP contribution is -2.06. The van der Waals surface area contributed by atoms with Gasteiger partial charge in [0.1, 0.15) is 4.47 Å². The Labute approximate surface area is 98.5 Å². The Morgan fingerprint density at radius 2 is 2.25 bits per heavy atom. The first-order valence-electron chi connectivity index (χ1n) is 4.31. The van der Waals surface area contributed by atoms with Crippen LogP contribution in [0.5, 0.6) is 5.88 Å². The van der Waals surface area contributed by atoms with E-state index in [0.29, 0.717) is 0 Å². The lowest BCUT2D eigenvalue weighted by molar-refractivity contribution is -0.0558. The van der Waals surface area contributed by atoms with Gasteiger partial charge >= 0.3 is 12.6 Å². The molecule has 0 aliphatic rings. The fourth-order valence-electron chi connectivity index (χ4n) is 1.02. The largest absolute Gasteiger partial charge is 0.461 e. The van der Waals surface area contributed by atoms with Crippen LogP contribution in [0.1, 0.15) is 17.4 Å². The molecule has 0 spiro atoms. The molecule has 1 heterocycles. The van der Waals surface area contributed by atoms with Crippen molar-refractivity contribution in [1.82, 2.24) is 9.78 Å². The highest BCUT2D eigenvalue weighted by Crippen LogP contribution is 2.29. The number of nitrogens with zero attached hydrogens (tertiary/aromatic N) is 2.